The first kappa shape index (κ1) is 13.1. The molecule has 2 aromatic rings. The quantitative estimate of drug-likeness (QED) is 0.787. The van der Waals surface area contributed by atoms with E-state index in [2.05, 4.69) is 15.7 Å². The summed E-state index contributed by atoms with van der Waals surface area (Å²) >= 11 is 1.70. The third kappa shape index (κ3) is 3.82. The van der Waals surface area contributed by atoms with Crippen molar-refractivity contribution in [3.63, 3.8) is 0 Å². The van der Waals surface area contributed by atoms with Crippen LogP contribution in [-0.4, -0.2) is 23.7 Å². The van der Waals surface area contributed by atoms with E-state index in [0.29, 0.717) is 5.75 Å². The molecule has 0 saturated carbocycles. The Morgan fingerprint density at radius 2 is 2.28 bits per heavy atom. The Balaban J connectivity index is 1.94. The van der Waals surface area contributed by atoms with Crippen LogP contribution in [0, 0.1) is 0 Å². The number of hydrogen-bond acceptors (Lipinski definition) is 4. The van der Waals surface area contributed by atoms with Crippen LogP contribution in [0.15, 0.2) is 29.6 Å². The molecule has 96 valence electrons. The van der Waals surface area contributed by atoms with E-state index < -0.39 is 0 Å². The summed E-state index contributed by atoms with van der Waals surface area (Å²) in [5, 5.41) is 15.8. The lowest BCUT2D eigenvalue weighted by Crippen LogP contribution is -2.08. The number of nitrogens with one attached hydrogen (secondary N) is 1. The van der Waals surface area contributed by atoms with E-state index in [-0.39, 0.29) is 0 Å². The van der Waals surface area contributed by atoms with Gasteiger partial charge in [0.2, 0.25) is 0 Å². The summed E-state index contributed by atoms with van der Waals surface area (Å²) in [6, 6.07) is 7.37. The second-order valence-electron chi connectivity index (χ2n) is 4.29. The highest BCUT2D eigenvalue weighted by molar-refractivity contribution is 7.09. The molecule has 1 heterocycles. The van der Waals surface area contributed by atoms with Gasteiger partial charge < -0.3 is 10.4 Å². The van der Waals surface area contributed by atoms with Crippen molar-refractivity contribution < 1.29 is 5.11 Å². The Kier molecular flexibility index (Phi) is 4.73. The first-order chi connectivity index (χ1) is 8.78. The molecule has 0 radical (unpaired) electrons. The van der Waals surface area contributed by atoms with Crippen LogP contribution in [0.4, 0.5) is 0 Å². The molecule has 2 rings (SSSR count). The van der Waals surface area contributed by atoms with E-state index in [9.17, 15) is 5.11 Å². The first-order valence-electron chi connectivity index (χ1n) is 6.13. The molecule has 0 spiro atoms. The minimum Gasteiger partial charge on any atom is -0.508 e. The van der Waals surface area contributed by atoms with Crippen molar-refractivity contribution in [1.29, 1.82) is 0 Å². The first-order valence-corrected chi connectivity index (χ1v) is 7.01. The Hall–Kier alpha value is -1.39. The molecule has 2 N–H and O–H groups in total. The number of phenols is 1. The van der Waals surface area contributed by atoms with Crippen LogP contribution in [-0.2, 0) is 12.8 Å². The normalized spacial score (nSPS) is 10.7. The number of rotatable bonds is 6. The summed E-state index contributed by atoms with van der Waals surface area (Å²) in [4.78, 5) is 4.62. The molecule has 1 aromatic heterocycles. The average molecular weight is 262 g/mol. The van der Waals surface area contributed by atoms with Crippen molar-refractivity contribution in [1.82, 2.24) is 10.3 Å². The second-order valence-corrected chi connectivity index (χ2v) is 5.23. The molecule has 0 saturated heterocycles. The van der Waals surface area contributed by atoms with E-state index in [0.717, 1.165) is 36.4 Å². The average Bonchev–Trinajstić information content (AvgIpc) is 2.77. The molecule has 1 aromatic carbocycles. The summed E-state index contributed by atoms with van der Waals surface area (Å²) < 4.78 is 0. The Bertz CT molecular complexity index is 496. The van der Waals surface area contributed by atoms with E-state index >= 15 is 0 Å². The fourth-order valence-corrected chi connectivity index (χ4v) is 2.69. The molecule has 0 bridgehead atoms. The number of aromatic nitrogens is 1. The summed E-state index contributed by atoms with van der Waals surface area (Å²) in [7, 11) is 1.97. The monoisotopic (exact) mass is 262 g/mol. The molecule has 0 aliphatic rings. The lowest BCUT2D eigenvalue weighted by molar-refractivity contribution is 0.474. The number of hydrogen-bond donors (Lipinski definition) is 2. The lowest BCUT2D eigenvalue weighted by Gasteiger charge is -1.99. The van der Waals surface area contributed by atoms with Crippen LogP contribution in [0.1, 0.15) is 22.7 Å². The van der Waals surface area contributed by atoms with Gasteiger partial charge in [0.05, 0.1) is 10.7 Å². The van der Waals surface area contributed by atoms with Gasteiger partial charge in [0.15, 0.2) is 0 Å². The van der Waals surface area contributed by atoms with Gasteiger partial charge in [-0.05, 0) is 44.1 Å². The van der Waals surface area contributed by atoms with Crippen LogP contribution in [0.25, 0.3) is 0 Å². The molecular formula is C14H18N2OS. The SMILES string of the molecule is CNCCCc1csc(Cc2cccc(O)c2)n1. The van der Waals surface area contributed by atoms with Crippen LogP contribution in [0.5, 0.6) is 5.75 Å². The summed E-state index contributed by atoms with van der Waals surface area (Å²) in [5.41, 5.74) is 2.27. The second kappa shape index (κ2) is 6.52. The van der Waals surface area contributed by atoms with Crippen molar-refractivity contribution in [2.45, 2.75) is 19.3 Å². The number of phenolic OH excluding ortho intramolecular Hbond substituents is 1. The van der Waals surface area contributed by atoms with Gasteiger partial charge in [0, 0.05) is 11.8 Å². The fraction of sp³-hybridized carbons (Fsp3) is 0.357. The van der Waals surface area contributed by atoms with E-state index in [1.807, 2.05) is 19.2 Å². The maximum Gasteiger partial charge on any atom is 0.115 e. The van der Waals surface area contributed by atoms with Gasteiger partial charge in [-0.3, -0.25) is 0 Å². The third-order valence-corrected chi connectivity index (χ3v) is 3.62. The van der Waals surface area contributed by atoms with Gasteiger partial charge in [-0.25, -0.2) is 4.98 Å². The van der Waals surface area contributed by atoms with Crippen LogP contribution in [0.2, 0.25) is 0 Å². The number of thiazole rings is 1. The molecule has 0 fully saturated rings. The van der Waals surface area contributed by atoms with Crippen LogP contribution in [0.3, 0.4) is 0 Å². The molecule has 0 amide bonds. The van der Waals surface area contributed by atoms with Gasteiger partial charge >= 0.3 is 0 Å². The highest BCUT2D eigenvalue weighted by atomic mass is 32.1. The zero-order chi connectivity index (χ0) is 12.8. The van der Waals surface area contributed by atoms with Crippen molar-refractivity contribution >= 4 is 11.3 Å². The smallest absolute Gasteiger partial charge is 0.115 e. The number of nitrogens with zero attached hydrogens (tertiary/aromatic N) is 1. The van der Waals surface area contributed by atoms with Gasteiger partial charge in [-0.1, -0.05) is 12.1 Å². The summed E-state index contributed by atoms with van der Waals surface area (Å²) in [6.45, 7) is 1.03. The minimum absolute atomic E-state index is 0.318. The summed E-state index contributed by atoms with van der Waals surface area (Å²) in [6.07, 6.45) is 2.94. The molecule has 3 nitrogen and oxygen atoms in total. The van der Waals surface area contributed by atoms with Crippen LogP contribution < -0.4 is 5.32 Å². The predicted octanol–water partition coefficient (Wildman–Crippen LogP) is 2.59. The zero-order valence-corrected chi connectivity index (χ0v) is 11.3. The largest absolute Gasteiger partial charge is 0.508 e. The molecule has 0 unspecified atom stereocenters. The number of benzene rings is 1. The molecule has 0 aliphatic heterocycles. The summed E-state index contributed by atoms with van der Waals surface area (Å²) in [5.74, 6) is 0.318. The number of aryl methyl sites for hydroxylation is 1. The Morgan fingerprint density at radius 1 is 1.39 bits per heavy atom. The molecule has 0 atom stereocenters. The zero-order valence-electron chi connectivity index (χ0n) is 10.5. The van der Waals surface area contributed by atoms with Crippen molar-refractivity contribution in [2.75, 3.05) is 13.6 Å². The van der Waals surface area contributed by atoms with Crippen molar-refractivity contribution in [3.8, 4) is 5.75 Å². The van der Waals surface area contributed by atoms with Gasteiger partial charge in [-0.2, -0.15) is 0 Å². The fourth-order valence-electron chi connectivity index (χ4n) is 1.83. The predicted molar refractivity (Wildman–Crippen MR) is 75.3 cm³/mol. The van der Waals surface area contributed by atoms with E-state index in [1.165, 1.54) is 5.69 Å². The highest BCUT2D eigenvalue weighted by Gasteiger charge is 2.03. The minimum atomic E-state index is 0.318. The maximum atomic E-state index is 9.42. The van der Waals surface area contributed by atoms with E-state index in [1.54, 1.807) is 23.5 Å². The van der Waals surface area contributed by atoms with Gasteiger partial charge in [-0.15, -0.1) is 11.3 Å². The topological polar surface area (TPSA) is 45.1 Å². The Labute approximate surface area is 112 Å². The molecular weight excluding hydrogens is 244 g/mol. The molecule has 18 heavy (non-hydrogen) atoms. The molecule has 4 heteroatoms. The number of aromatic hydroxyl groups is 1. The van der Waals surface area contributed by atoms with Crippen molar-refractivity contribution in [3.05, 3.63) is 45.9 Å². The third-order valence-electron chi connectivity index (χ3n) is 2.72. The van der Waals surface area contributed by atoms with Crippen molar-refractivity contribution in [2.24, 2.45) is 0 Å². The van der Waals surface area contributed by atoms with E-state index in [4.69, 9.17) is 0 Å². The van der Waals surface area contributed by atoms with Gasteiger partial charge in [0.1, 0.15) is 5.75 Å². The Morgan fingerprint density at radius 3 is 3.06 bits per heavy atom. The van der Waals surface area contributed by atoms with Crippen LogP contribution >= 0.6 is 11.3 Å². The highest BCUT2D eigenvalue weighted by Crippen LogP contribution is 2.18. The molecule has 0 aliphatic carbocycles. The standard InChI is InChI=1S/C14H18N2OS/c1-15-7-3-5-12-10-18-14(16-12)9-11-4-2-6-13(17)8-11/h2,4,6,8,10,15,17H,3,5,7,9H2,1H3. The lowest BCUT2D eigenvalue weighted by atomic mass is 10.1. The maximum absolute atomic E-state index is 9.42. The van der Waals surface area contributed by atoms with Gasteiger partial charge in [0.25, 0.3) is 0 Å².